The normalized spacial score (nSPS) is 13.6. The van der Waals surface area contributed by atoms with Crippen molar-refractivity contribution < 1.29 is 4.79 Å². The van der Waals surface area contributed by atoms with E-state index in [-0.39, 0.29) is 23.9 Å². The summed E-state index contributed by atoms with van der Waals surface area (Å²) in [7, 11) is 0. The first kappa shape index (κ1) is 20.2. The maximum Gasteiger partial charge on any atom is 0.230 e. The maximum absolute atomic E-state index is 12.2. The Labute approximate surface area is 152 Å². The average Bonchev–Trinajstić information content (AvgIpc) is 2.87. The molecule has 0 spiro atoms. The van der Waals surface area contributed by atoms with E-state index in [0.717, 1.165) is 21.0 Å². The number of nitrogens with two attached hydrogens (primary N) is 1. The quantitative estimate of drug-likeness (QED) is 0.726. The summed E-state index contributed by atoms with van der Waals surface area (Å²) in [6.07, 6.45) is 0.876. The van der Waals surface area contributed by atoms with Crippen LogP contribution < -0.4 is 11.1 Å². The molecule has 0 bridgehead atoms. The fourth-order valence-corrected chi connectivity index (χ4v) is 4.37. The minimum atomic E-state index is -0.334. The van der Waals surface area contributed by atoms with E-state index in [9.17, 15) is 4.79 Å². The van der Waals surface area contributed by atoms with Gasteiger partial charge in [-0.25, -0.2) is 4.98 Å². The Kier molecular flexibility index (Phi) is 7.80. The van der Waals surface area contributed by atoms with E-state index in [1.165, 1.54) is 11.8 Å². The number of nitrogens with zero attached hydrogens (tertiary/aromatic N) is 1. The van der Waals surface area contributed by atoms with Gasteiger partial charge >= 0.3 is 0 Å². The first-order valence-electron chi connectivity index (χ1n) is 7.41. The summed E-state index contributed by atoms with van der Waals surface area (Å²) in [5, 5.41) is 3.07. The van der Waals surface area contributed by atoms with Crippen LogP contribution in [-0.4, -0.2) is 28.7 Å². The molecule has 23 heavy (non-hydrogen) atoms. The maximum atomic E-state index is 12.2. The van der Waals surface area contributed by atoms with Crippen molar-refractivity contribution in [1.82, 2.24) is 10.3 Å². The van der Waals surface area contributed by atoms with Gasteiger partial charge in [0.15, 0.2) is 4.34 Å². The zero-order chi connectivity index (χ0) is 16.2. The molecule has 1 amide bonds. The number of halogens is 1. The second-order valence-electron chi connectivity index (χ2n) is 6.15. The highest BCUT2D eigenvalue weighted by molar-refractivity contribution is 8.01. The van der Waals surface area contributed by atoms with Crippen molar-refractivity contribution in [1.29, 1.82) is 0 Å². The molecule has 1 heterocycles. The largest absolute Gasteiger partial charge is 0.349 e. The highest BCUT2D eigenvalue weighted by Crippen LogP contribution is 2.29. The number of carbonyl (C=O) groups excluding carboxylic acids is 1. The number of aromatic nitrogens is 1. The summed E-state index contributed by atoms with van der Waals surface area (Å²) in [5.41, 5.74) is 6.48. The molecule has 1 atom stereocenters. The molecule has 0 saturated heterocycles. The Morgan fingerprint density at radius 1 is 1.43 bits per heavy atom. The van der Waals surface area contributed by atoms with Crippen molar-refractivity contribution in [2.45, 2.75) is 37.1 Å². The highest BCUT2D eigenvalue weighted by atomic mass is 35.5. The van der Waals surface area contributed by atoms with E-state index >= 15 is 0 Å². The molecule has 1 aromatic heterocycles. The van der Waals surface area contributed by atoms with Crippen molar-refractivity contribution in [2.24, 2.45) is 11.7 Å². The first-order chi connectivity index (χ1) is 10.4. The number of rotatable bonds is 7. The minimum Gasteiger partial charge on any atom is -0.349 e. The number of fused-ring (bicyclic) bond motifs is 1. The third kappa shape index (κ3) is 5.95. The summed E-state index contributed by atoms with van der Waals surface area (Å²) >= 11 is 3.10. The van der Waals surface area contributed by atoms with Gasteiger partial charge in [-0.05, 0) is 31.4 Å². The zero-order valence-electron chi connectivity index (χ0n) is 13.7. The molecule has 3 N–H and O–H groups in total. The third-order valence-electron chi connectivity index (χ3n) is 3.35. The predicted octanol–water partition coefficient (Wildman–Crippen LogP) is 3.69. The monoisotopic (exact) mass is 373 g/mol. The van der Waals surface area contributed by atoms with Crippen LogP contribution in [0.5, 0.6) is 0 Å². The predicted molar refractivity (Wildman–Crippen MR) is 103 cm³/mol. The number of hydrogen-bond donors (Lipinski definition) is 2. The smallest absolute Gasteiger partial charge is 0.230 e. The SMILES string of the molecule is CC(C)CC(C)(CN)NC(=O)CSc1nc2ccccc2s1.Cl. The minimum absolute atomic E-state index is 0. The van der Waals surface area contributed by atoms with Crippen molar-refractivity contribution in [3.8, 4) is 0 Å². The summed E-state index contributed by atoms with van der Waals surface area (Å²) in [4.78, 5) is 16.7. The molecule has 128 valence electrons. The van der Waals surface area contributed by atoms with Gasteiger partial charge in [0.1, 0.15) is 0 Å². The van der Waals surface area contributed by atoms with Crippen LogP contribution in [0.25, 0.3) is 10.2 Å². The molecule has 4 nitrogen and oxygen atoms in total. The Bertz CT molecular complexity index is 614. The molecule has 0 saturated carbocycles. The van der Waals surface area contributed by atoms with Crippen LogP contribution in [0, 0.1) is 5.92 Å². The lowest BCUT2D eigenvalue weighted by Gasteiger charge is -2.31. The van der Waals surface area contributed by atoms with Crippen LogP contribution in [0.1, 0.15) is 27.2 Å². The second-order valence-corrected chi connectivity index (χ2v) is 8.40. The molecular formula is C16H24ClN3OS2. The number of para-hydroxylation sites is 1. The third-order valence-corrected chi connectivity index (χ3v) is 5.53. The van der Waals surface area contributed by atoms with E-state index in [1.54, 1.807) is 11.3 Å². The van der Waals surface area contributed by atoms with Crippen molar-refractivity contribution >= 4 is 51.6 Å². The zero-order valence-corrected chi connectivity index (χ0v) is 16.1. The number of thiazole rings is 1. The average molecular weight is 374 g/mol. The summed E-state index contributed by atoms with van der Waals surface area (Å²) in [6.45, 7) is 6.72. The van der Waals surface area contributed by atoms with Gasteiger partial charge in [0.05, 0.1) is 16.0 Å². The molecule has 2 rings (SSSR count). The Hall–Kier alpha value is -0.820. The van der Waals surface area contributed by atoms with Crippen molar-refractivity contribution in [3.05, 3.63) is 24.3 Å². The number of amides is 1. The molecule has 2 aromatic rings. The molecule has 0 aliphatic heterocycles. The molecule has 0 aliphatic carbocycles. The lowest BCUT2D eigenvalue weighted by Crippen LogP contribution is -2.52. The van der Waals surface area contributed by atoms with E-state index in [0.29, 0.717) is 18.2 Å². The van der Waals surface area contributed by atoms with Crippen molar-refractivity contribution in [2.75, 3.05) is 12.3 Å². The van der Waals surface area contributed by atoms with Crippen LogP contribution in [0.15, 0.2) is 28.6 Å². The van der Waals surface area contributed by atoms with Gasteiger partial charge in [-0.3, -0.25) is 4.79 Å². The van der Waals surface area contributed by atoms with Gasteiger partial charge in [-0.2, -0.15) is 0 Å². The number of thioether (sulfide) groups is 1. The molecule has 1 unspecified atom stereocenters. The summed E-state index contributed by atoms with van der Waals surface area (Å²) < 4.78 is 2.08. The Morgan fingerprint density at radius 2 is 2.13 bits per heavy atom. The number of benzene rings is 1. The first-order valence-corrected chi connectivity index (χ1v) is 9.21. The van der Waals surface area contributed by atoms with Crippen LogP contribution in [0.4, 0.5) is 0 Å². The summed E-state index contributed by atoms with van der Waals surface area (Å²) in [6, 6.07) is 8.01. The fraction of sp³-hybridized carbons (Fsp3) is 0.500. The number of hydrogen-bond acceptors (Lipinski definition) is 5. The fourth-order valence-electron chi connectivity index (χ4n) is 2.50. The topological polar surface area (TPSA) is 68.0 Å². The van der Waals surface area contributed by atoms with E-state index in [1.807, 2.05) is 31.2 Å². The molecule has 0 aliphatic rings. The van der Waals surface area contributed by atoms with Gasteiger partial charge in [-0.15, -0.1) is 23.7 Å². The van der Waals surface area contributed by atoms with Gasteiger partial charge in [-0.1, -0.05) is 37.7 Å². The van der Waals surface area contributed by atoms with Crippen LogP contribution in [0.3, 0.4) is 0 Å². The van der Waals surface area contributed by atoms with Crippen LogP contribution in [-0.2, 0) is 4.79 Å². The second kappa shape index (κ2) is 8.87. The van der Waals surface area contributed by atoms with Gasteiger partial charge < -0.3 is 11.1 Å². The van der Waals surface area contributed by atoms with Crippen LogP contribution >= 0.6 is 35.5 Å². The van der Waals surface area contributed by atoms with Gasteiger partial charge in [0, 0.05) is 12.1 Å². The van der Waals surface area contributed by atoms with Gasteiger partial charge in [0.25, 0.3) is 0 Å². The Morgan fingerprint density at radius 3 is 2.74 bits per heavy atom. The van der Waals surface area contributed by atoms with Crippen molar-refractivity contribution in [3.63, 3.8) is 0 Å². The Balaban J connectivity index is 0.00000264. The molecule has 7 heteroatoms. The standard InChI is InChI=1S/C16H23N3OS2.ClH/c1-11(2)8-16(3,10-17)19-14(20)9-21-15-18-12-6-4-5-7-13(12)22-15;/h4-7,11H,8-10,17H2,1-3H3,(H,19,20);1H. The van der Waals surface area contributed by atoms with E-state index in [4.69, 9.17) is 5.73 Å². The molecule has 0 fully saturated rings. The molecule has 0 radical (unpaired) electrons. The molecular weight excluding hydrogens is 350 g/mol. The lowest BCUT2D eigenvalue weighted by molar-refractivity contribution is -0.120. The van der Waals surface area contributed by atoms with Gasteiger partial charge in [0.2, 0.25) is 5.91 Å². The summed E-state index contributed by atoms with van der Waals surface area (Å²) in [5.74, 6) is 0.872. The highest BCUT2D eigenvalue weighted by Gasteiger charge is 2.25. The van der Waals surface area contributed by atoms with Crippen LogP contribution in [0.2, 0.25) is 0 Å². The lowest BCUT2D eigenvalue weighted by atomic mass is 9.91. The number of nitrogens with one attached hydrogen (secondary N) is 1. The van der Waals surface area contributed by atoms with E-state index < -0.39 is 0 Å². The molecule has 1 aromatic carbocycles. The van der Waals surface area contributed by atoms with E-state index in [2.05, 4.69) is 24.1 Å². The number of carbonyl (C=O) groups is 1.